The van der Waals surface area contributed by atoms with Gasteiger partial charge in [-0.15, -0.1) is 0 Å². The van der Waals surface area contributed by atoms with Crippen molar-refractivity contribution in [3.8, 4) is 0 Å². The second kappa shape index (κ2) is 13.4. The summed E-state index contributed by atoms with van der Waals surface area (Å²) in [4.78, 5) is 55.5. The van der Waals surface area contributed by atoms with Crippen LogP contribution in [0.5, 0.6) is 0 Å². The normalized spacial score (nSPS) is 19.7. The van der Waals surface area contributed by atoms with Crippen LogP contribution in [0.4, 0.5) is 4.79 Å². The van der Waals surface area contributed by atoms with Gasteiger partial charge in [-0.3, -0.25) is 19.4 Å². The lowest BCUT2D eigenvalue weighted by Gasteiger charge is -2.40. The second-order valence-electron chi connectivity index (χ2n) is 12.3. The van der Waals surface area contributed by atoms with Crippen molar-refractivity contribution in [3.63, 3.8) is 0 Å². The Bertz CT molecular complexity index is 1210. The Labute approximate surface area is 248 Å². The summed E-state index contributed by atoms with van der Waals surface area (Å²) in [6.07, 6.45) is 0.00717. The van der Waals surface area contributed by atoms with Gasteiger partial charge in [-0.25, -0.2) is 9.80 Å². The second-order valence-corrected chi connectivity index (χ2v) is 12.3. The summed E-state index contributed by atoms with van der Waals surface area (Å²) in [5.74, 6) is -0.664. The first-order valence-electron chi connectivity index (χ1n) is 14.7. The van der Waals surface area contributed by atoms with Crippen LogP contribution in [-0.4, -0.2) is 82.6 Å². The molecule has 2 heterocycles. The van der Waals surface area contributed by atoms with Crippen LogP contribution in [0.2, 0.25) is 0 Å². The lowest BCUT2D eigenvalue weighted by atomic mass is 9.98. The maximum absolute atomic E-state index is 14.1. The number of benzene rings is 2. The van der Waals surface area contributed by atoms with Gasteiger partial charge in [0.15, 0.2) is 0 Å². The molecule has 10 heteroatoms. The number of amides is 4. The van der Waals surface area contributed by atoms with Crippen molar-refractivity contribution in [1.82, 2.24) is 25.6 Å². The molecule has 0 bridgehead atoms. The van der Waals surface area contributed by atoms with E-state index in [4.69, 9.17) is 4.74 Å². The van der Waals surface area contributed by atoms with Crippen LogP contribution in [0.15, 0.2) is 60.7 Å². The molecule has 2 aromatic rings. The fourth-order valence-corrected chi connectivity index (χ4v) is 5.39. The van der Waals surface area contributed by atoms with E-state index >= 15 is 0 Å². The number of carbonyl (C=O) groups excluding carboxylic acids is 4. The molecule has 10 nitrogen and oxygen atoms in total. The predicted molar refractivity (Wildman–Crippen MR) is 159 cm³/mol. The summed E-state index contributed by atoms with van der Waals surface area (Å²) in [5, 5.41) is 9.18. The minimum atomic E-state index is -1.08. The van der Waals surface area contributed by atoms with Crippen LogP contribution in [0.1, 0.15) is 64.6 Å². The third-order valence-electron chi connectivity index (χ3n) is 7.30. The Morgan fingerprint density at radius 1 is 0.929 bits per heavy atom. The Morgan fingerprint density at radius 2 is 1.52 bits per heavy atom. The molecule has 0 spiro atoms. The molecule has 0 radical (unpaired) electrons. The van der Waals surface area contributed by atoms with Gasteiger partial charge in [-0.1, -0.05) is 74.5 Å². The third-order valence-corrected chi connectivity index (χ3v) is 7.30. The van der Waals surface area contributed by atoms with Crippen molar-refractivity contribution in [2.24, 2.45) is 5.92 Å². The van der Waals surface area contributed by atoms with E-state index in [2.05, 4.69) is 10.6 Å². The molecule has 4 rings (SSSR count). The quantitative estimate of drug-likeness (QED) is 0.521. The standard InChI is InChI=1S/C32H43N5O5/c1-22(2)20-27(38)35-18-19-36-17-16-26(37(36)30(40)25(21-35)33-31(41)42-32(3,4)5)29(39)34-28(23-12-8-6-9-13-23)24-14-10-7-11-15-24/h6-15,22,25-26,28H,16-21H2,1-5H3,(H,33,41)(H,34,39)/t25-,26-/m0/s1. The summed E-state index contributed by atoms with van der Waals surface area (Å²) in [6.45, 7) is 10.4. The molecule has 226 valence electrons. The first kappa shape index (κ1) is 31.0. The zero-order valence-corrected chi connectivity index (χ0v) is 25.2. The van der Waals surface area contributed by atoms with Gasteiger partial charge in [0, 0.05) is 26.1 Å². The molecule has 2 atom stereocenters. The molecular weight excluding hydrogens is 534 g/mol. The first-order valence-corrected chi connectivity index (χ1v) is 14.7. The number of alkyl carbamates (subject to hydrolysis) is 1. The van der Waals surface area contributed by atoms with Crippen molar-refractivity contribution in [2.75, 3.05) is 26.2 Å². The molecular formula is C32H43N5O5. The van der Waals surface area contributed by atoms with E-state index in [1.807, 2.05) is 79.5 Å². The van der Waals surface area contributed by atoms with Crippen LogP contribution < -0.4 is 10.6 Å². The van der Waals surface area contributed by atoms with Crippen LogP contribution >= 0.6 is 0 Å². The molecule has 2 aromatic carbocycles. The van der Waals surface area contributed by atoms with E-state index in [0.29, 0.717) is 32.5 Å². The number of hydrazine groups is 1. The highest BCUT2D eigenvalue weighted by Gasteiger charge is 2.45. The van der Waals surface area contributed by atoms with Gasteiger partial charge in [0.1, 0.15) is 17.7 Å². The molecule has 0 unspecified atom stereocenters. The largest absolute Gasteiger partial charge is 0.444 e. The van der Waals surface area contributed by atoms with E-state index < -0.39 is 35.7 Å². The fourth-order valence-electron chi connectivity index (χ4n) is 5.39. The molecule has 4 amide bonds. The van der Waals surface area contributed by atoms with Crippen molar-refractivity contribution in [3.05, 3.63) is 71.8 Å². The summed E-state index contributed by atoms with van der Waals surface area (Å²) in [5.41, 5.74) is 1.08. The summed E-state index contributed by atoms with van der Waals surface area (Å²) < 4.78 is 5.44. The van der Waals surface area contributed by atoms with Crippen molar-refractivity contribution in [2.45, 2.75) is 71.2 Å². The maximum Gasteiger partial charge on any atom is 0.408 e. The highest BCUT2D eigenvalue weighted by atomic mass is 16.6. The zero-order valence-electron chi connectivity index (χ0n) is 25.2. The Hall–Kier alpha value is -3.92. The van der Waals surface area contributed by atoms with Crippen molar-refractivity contribution in [1.29, 1.82) is 0 Å². The number of fused-ring (bicyclic) bond motifs is 1. The molecule has 0 aromatic heterocycles. The number of hydrogen-bond donors (Lipinski definition) is 2. The van der Waals surface area contributed by atoms with Gasteiger partial charge >= 0.3 is 6.09 Å². The molecule has 2 aliphatic heterocycles. The molecule has 42 heavy (non-hydrogen) atoms. The first-order chi connectivity index (χ1) is 19.9. The van der Waals surface area contributed by atoms with Gasteiger partial charge in [0.25, 0.3) is 5.91 Å². The Morgan fingerprint density at radius 3 is 2.07 bits per heavy atom. The highest BCUT2D eigenvalue weighted by Crippen LogP contribution is 2.26. The van der Waals surface area contributed by atoms with Crippen molar-refractivity contribution < 1.29 is 23.9 Å². The van der Waals surface area contributed by atoms with E-state index in [1.165, 1.54) is 5.01 Å². The summed E-state index contributed by atoms with van der Waals surface area (Å²) in [6, 6.07) is 17.2. The van der Waals surface area contributed by atoms with Gasteiger partial charge in [-0.2, -0.15) is 0 Å². The molecule has 0 aliphatic carbocycles. The number of nitrogens with one attached hydrogen (secondary N) is 2. The van der Waals surface area contributed by atoms with E-state index in [0.717, 1.165) is 11.1 Å². The summed E-state index contributed by atoms with van der Waals surface area (Å²) in [7, 11) is 0. The SMILES string of the molecule is CC(C)CC(=O)N1CCN2CC[C@@H](C(=O)NC(c3ccccc3)c3ccccc3)N2C(=O)[C@@H](NC(=O)OC(C)(C)C)C1. The minimum Gasteiger partial charge on any atom is -0.444 e. The predicted octanol–water partition coefficient (Wildman–Crippen LogP) is 3.49. The lowest BCUT2D eigenvalue weighted by Crippen LogP contribution is -2.63. The highest BCUT2D eigenvalue weighted by molar-refractivity contribution is 5.92. The maximum atomic E-state index is 14.1. The van der Waals surface area contributed by atoms with Gasteiger partial charge in [-0.05, 0) is 44.2 Å². The van der Waals surface area contributed by atoms with Crippen LogP contribution in [-0.2, 0) is 19.1 Å². The smallest absolute Gasteiger partial charge is 0.408 e. The number of rotatable bonds is 7. The van der Waals surface area contributed by atoms with E-state index in [9.17, 15) is 19.2 Å². The van der Waals surface area contributed by atoms with Gasteiger partial charge in [0.2, 0.25) is 11.8 Å². The zero-order chi connectivity index (χ0) is 30.4. The number of nitrogens with zero attached hydrogens (tertiary/aromatic N) is 3. The average Bonchev–Trinajstić information content (AvgIpc) is 3.35. The van der Waals surface area contributed by atoms with Crippen LogP contribution in [0, 0.1) is 5.92 Å². The Kier molecular flexibility index (Phi) is 9.88. The van der Waals surface area contributed by atoms with Crippen LogP contribution in [0.25, 0.3) is 0 Å². The third kappa shape index (κ3) is 7.88. The number of hydrogen-bond acceptors (Lipinski definition) is 6. The topological polar surface area (TPSA) is 111 Å². The Balaban J connectivity index is 1.59. The minimum absolute atomic E-state index is 0.00103. The molecule has 2 aliphatic rings. The van der Waals surface area contributed by atoms with E-state index in [-0.39, 0.29) is 24.3 Å². The van der Waals surface area contributed by atoms with Gasteiger partial charge in [0.05, 0.1) is 12.6 Å². The lowest BCUT2D eigenvalue weighted by molar-refractivity contribution is -0.159. The average molecular weight is 578 g/mol. The summed E-state index contributed by atoms with van der Waals surface area (Å²) >= 11 is 0. The fraction of sp³-hybridized carbons (Fsp3) is 0.500. The van der Waals surface area contributed by atoms with E-state index in [1.54, 1.807) is 25.7 Å². The van der Waals surface area contributed by atoms with Gasteiger partial charge < -0.3 is 20.3 Å². The number of carbonyl (C=O) groups is 4. The molecule has 2 saturated heterocycles. The molecule has 2 N–H and O–H groups in total. The molecule has 2 fully saturated rings. The van der Waals surface area contributed by atoms with Crippen molar-refractivity contribution >= 4 is 23.8 Å². The van der Waals surface area contributed by atoms with Crippen LogP contribution in [0.3, 0.4) is 0 Å². The molecule has 0 saturated carbocycles. The number of ether oxygens (including phenoxy) is 1. The monoisotopic (exact) mass is 577 g/mol.